The molecule has 0 radical (unpaired) electrons. The van der Waals surface area contributed by atoms with Gasteiger partial charge >= 0.3 is 6.09 Å². The van der Waals surface area contributed by atoms with Crippen LogP contribution in [0.5, 0.6) is 0 Å². The van der Waals surface area contributed by atoms with Gasteiger partial charge < -0.3 is 23.5 Å². The number of likely N-dealkylation sites (tertiary alicyclic amines) is 1. The van der Waals surface area contributed by atoms with Gasteiger partial charge in [-0.05, 0) is 45.2 Å². The van der Waals surface area contributed by atoms with Crippen molar-refractivity contribution in [3.63, 3.8) is 0 Å². The molecular formula is C27H40N4O4Si. The molecule has 9 heteroatoms. The Labute approximate surface area is 214 Å². The van der Waals surface area contributed by atoms with Crippen molar-refractivity contribution in [3.05, 3.63) is 40.9 Å². The monoisotopic (exact) mass is 512 g/mol. The van der Waals surface area contributed by atoms with Gasteiger partial charge in [0.25, 0.3) is 0 Å². The lowest BCUT2D eigenvalue weighted by Gasteiger charge is -2.39. The van der Waals surface area contributed by atoms with Gasteiger partial charge in [-0.1, -0.05) is 26.6 Å². The molecule has 4 heterocycles. The molecule has 2 unspecified atom stereocenters. The number of rotatable bonds is 6. The van der Waals surface area contributed by atoms with Crippen molar-refractivity contribution < 1.29 is 14.3 Å². The van der Waals surface area contributed by atoms with Crippen molar-refractivity contribution in [2.45, 2.75) is 78.2 Å². The summed E-state index contributed by atoms with van der Waals surface area (Å²) in [6, 6.07) is 4.74. The smallest absolute Gasteiger partial charge is 0.410 e. The zero-order valence-electron chi connectivity index (χ0n) is 22.7. The third kappa shape index (κ3) is 5.83. The zero-order chi connectivity index (χ0) is 26.3. The van der Waals surface area contributed by atoms with Crippen LogP contribution in [-0.4, -0.2) is 58.5 Å². The molecule has 0 N–H and O–H groups in total. The topological polar surface area (TPSA) is 78.6 Å². The van der Waals surface area contributed by atoms with Gasteiger partial charge in [-0.3, -0.25) is 4.79 Å². The average Bonchev–Trinajstić information content (AvgIpc) is 3.19. The summed E-state index contributed by atoms with van der Waals surface area (Å²) in [4.78, 5) is 32.1. The summed E-state index contributed by atoms with van der Waals surface area (Å²) in [6.07, 6.45) is 6.08. The van der Waals surface area contributed by atoms with Crippen molar-refractivity contribution >= 4 is 36.1 Å². The number of pyridine rings is 2. The SMILES string of the molecule is CC1CCN(C(=O)OC(C)(C)C)CC1n1ccc(=O)c2cnc3c(ccn3COCC[Si](C)(C)C)c21. The van der Waals surface area contributed by atoms with E-state index < -0.39 is 13.7 Å². The fourth-order valence-corrected chi connectivity index (χ4v) is 5.48. The van der Waals surface area contributed by atoms with Gasteiger partial charge in [0.2, 0.25) is 0 Å². The third-order valence-corrected chi connectivity index (χ3v) is 8.53. The number of hydrogen-bond donors (Lipinski definition) is 0. The number of piperidine rings is 1. The van der Waals surface area contributed by atoms with Crippen LogP contribution in [-0.2, 0) is 16.2 Å². The van der Waals surface area contributed by atoms with Crippen molar-refractivity contribution in [3.8, 4) is 0 Å². The molecule has 1 aliphatic rings. The van der Waals surface area contributed by atoms with Crippen LogP contribution in [0.25, 0.3) is 21.9 Å². The molecule has 4 rings (SSSR count). The minimum Gasteiger partial charge on any atom is -0.444 e. The van der Waals surface area contributed by atoms with Gasteiger partial charge in [0.05, 0.1) is 16.9 Å². The molecule has 1 fully saturated rings. The van der Waals surface area contributed by atoms with E-state index in [0.29, 0.717) is 31.1 Å². The molecule has 3 aromatic rings. The first-order valence-electron chi connectivity index (χ1n) is 12.9. The molecule has 0 saturated carbocycles. The van der Waals surface area contributed by atoms with Crippen LogP contribution in [0, 0.1) is 5.92 Å². The molecule has 1 aliphatic heterocycles. The highest BCUT2D eigenvalue weighted by molar-refractivity contribution is 6.76. The maximum absolute atomic E-state index is 12.8. The molecule has 2 atom stereocenters. The maximum atomic E-state index is 12.8. The number of ether oxygens (including phenoxy) is 2. The minimum absolute atomic E-state index is 0.0105. The van der Waals surface area contributed by atoms with Gasteiger partial charge in [-0.2, -0.15) is 0 Å². The summed E-state index contributed by atoms with van der Waals surface area (Å²) in [6.45, 7) is 17.2. The number of nitrogens with zero attached hydrogens (tertiary/aromatic N) is 4. The Morgan fingerprint density at radius 2 is 1.92 bits per heavy atom. The van der Waals surface area contributed by atoms with Gasteiger partial charge in [0, 0.05) is 57.8 Å². The van der Waals surface area contributed by atoms with Crippen molar-refractivity contribution in [1.29, 1.82) is 0 Å². The van der Waals surface area contributed by atoms with E-state index in [1.807, 2.05) is 43.8 Å². The lowest BCUT2D eigenvalue weighted by atomic mass is 9.92. The van der Waals surface area contributed by atoms with Gasteiger partial charge in [-0.15, -0.1) is 0 Å². The van der Waals surface area contributed by atoms with Gasteiger partial charge in [-0.25, -0.2) is 9.78 Å². The zero-order valence-corrected chi connectivity index (χ0v) is 23.7. The van der Waals surface area contributed by atoms with Gasteiger partial charge in [0.1, 0.15) is 18.0 Å². The summed E-state index contributed by atoms with van der Waals surface area (Å²) in [5, 5.41) is 1.50. The van der Waals surface area contributed by atoms with E-state index in [1.165, 1.54) is 0 Å². The Bertz CT molecular complexity index is 1300. The lowest BCUT2D eigenvalue weighted by Crippen LogP contribution is -2.46. The fraction of sp³-hybridized carbons (Fsp3) is 0.593. The molecular weight excluding hydrogens is 472 g/mol. The van der Waals surface area contributed by atoms with Crippen LogP contribution in [0.15, 0.2) is 35.5 Å². The molecule has 196 valence electrons. The van der Waals surface area contributed by atoms with Crippen molar-refractivity contribution in [1.82, 2.24) is 19.0 Å². The molecule has 0 aromatic carbocycles. The van der Waals surface area contributed by atoms with Gasteiger partial charge in [0.15, 0.2) is 5.43 Å². The normalized spacial score (nSPS) is 19.2. The highest BCUT2D eigenvalue weighted by atomic mass is 28.3. The quantitative estimate of drug-likeness (QED) is 0.323. The van der Waals surface area contributed by atoms with Crippen LogP contribution in [0.3, 0.4) is 0 Å². The number of carbonyl (C=O) groups excluding carboxylic acids is 1. The highest BCUT2D eigenvalue weighted by Gasteiger charge is 2.33. The Morgan fingerprint density at radius 1 is 1.17 bits per heavy atom. The van der Waals surface area contributed by atoms with Crippen LogP contribution in [0.4, 0.5) is 4.79 Å². The van der Waals surface area contributed by atoms with Crippen LogP contribution < -0.4 is 5.43 Å². The number of fused-ring (bicyclic) bond motifs is 3. The van der Waals surface area contributed by atoms with E-state index in [-0.39, 0.29) is 17.6 Å². The molecule has 1 saturated heterocycles. The molecule has 0 aliphatic carbocycles. The number of carbonyl (C=O) groups is 1. The molecule has 36 heavy (non-hydrogen) atoms. The second-order valence-corrected chi connectivity index (χ2v) is 17.9. The predicted octanol–water partition coefficient (Wildman–Crippen LogP) is 5.48. The van der Waals surface area contributed by atoms with Crippen LogP contribution in [0.1, 0.15) is 40.2 Å². The Kier molecular flexibility index (Phi) is 7.34. The van der Waals surface area contributed by atoms with Crippen LogP contribution in [0.2, 0.25) is 25.7 Å². The summed E-state index contributed by atoms with van der Waals surface area (Å²) >= 11 is 0. The minimum atomic E-state index is -1.16. The number of amides is 1. The summed E-state index contributed by atoms with van der Waals surface area (Å²) in [5.41, 5.74) is 1.05. The summed E-state index contributed by atoms with van der Waals surface area (Å²) < 4.78 is 15.8. The molecule has 3 aromatic heterocycles. The van der Waals surface area contributed by atoms with E-state index in [1.54, 1.807) is 17.2 Å². The number of hydrogen-bond acceptors (Lipinski definition) is 5. The first kappa shape index (κ1) is 26.4. The summed E-state index contributed by atoms with van der Waals surface area (Å²) in [5.74, 6) is 0.324. The Balaban J connectivity index is 1.68. The first-order valence-corrected chi connectivity index (χ1v) is 16.6. The second-order valence-electron chi connectivity index (χ2n) is 12.2. The van der Waals surface area contributed by atoms with E-state index in [9.17, 15) is 9.59 Å². The standard InChI is InChI=1S/C27H40N4O4Si/c1-19-8-11-29(26(33)35-27(2,3)4)17-22(19)31-13-10-23(32)21-16-28-25-20(24(21)31)9-12-30(25)18-34-14-15-36(5,6)7/h9-10,12-13,16,19,22H,8,11,14-15,17-18H2,1-7H3. The Hall–Kier alpha value is -2.65. The molecule has 8 nitrogen and oxygen atoms in total. The van der Waals surface area contributed by atoms with E-state index in [4.69, 9.17) is 9.47 Å². The lowest BCUT2D eigenvalue weighted by molar-refractivity contribution is 0.0127. The van der Waals surface area contributed by atoms with E-state index >= 15 is 0 Å². The number of aromatic nitrogens is 3. The first-order chi connectivity index (χ1) is 16.8. The van der Waals surface area contributed by atoms with Crippen molar-refractivity contribution in [2.75, 3.05) is 19.7 Å². The Morgan fingerprint density at radius 3 is 2.61 bits per heavy atom. The highest BCUT2D eigenvalue weighted by Crippen LogP contribution is 2.33. The third-order valence-electron chi connectivity index (χ3n) is 6.82. The van der Waals surface area contributed by atoms with Crippen molar-refractivity contribution in [2.24, 2.45) is 5.92 Å². The largest absolute Gasteiger partial charge is 0.444 e. The molecule has 0 spiro atoms. The maximum Gasteiger partial charge on any atom is 0.410 e. The fourth-order valence-electron chi connectivity index (χ4n) is 4.72. The van der Waals surface area contributed by atoms with E-state index in [2.05, 4.69) is 36.1 Å². The second kappa shape index (κ2) is 10.0. The summed E-state index contributed by atoms with van der Waals surface area (Å²) in [7, 11) is -1.16. The average molecular weight is 513 g/mol. The van der Waals surface area contributed by atoms with E-state index in [0.717, 1.165) is 35.6 Å². The predicted molar refractivity (Wildman–Crippen MR) is 146 cm³/mol. The molecule has 1 amide bonds. The molecule has 0 bridgehead atoms. The van der Waals surface area contributed by atoms with Crippen LogP contribution >= 0.6 is 0 Å².